The quantitative estimate of drug-likeness (QED) is 0.392. The van der Waals surface area contributed by atoms with Crippen molar-refractivity contribution in [2.45, 2.75) is 32.7 Å². The predicted octanol–water partition coefficient (Wildman–Crippen LogP) is 5.48. The topological polar surface area (TPSA) is 75.2 Å². The minimum atomic E-state index is -0.324. The number of aryl methyl sites for hydroxylation is 1. The van der Waals surface area contributed by atoms with Gasteiger partial charge in [0, 0.05) is 24.7 Å². The van der Waals surface area contributed by atoms with Crippen LogP contribution in [0.1, 0.15) is 45.6 Å². The summed E-state index contributed by atoms with van der Waals surface area (Å²) in [5, 5.41) is 4.73. The zero-order valence-electron chi connectivity index (χ0n) is 20.2. The normalized spacial score (nSPS) is 17.8. The van der Waals surface area contributed by atoms with Crippen molar-refractivity contribution >= 4 is 34.1 Å². The Kier molecular flexibility index (Phi) is 6.78. The predicted molar refractivity (Wildman–Crippen MR) is 140 cm³/mol. The molecule has 1 aliphatic heterocycles. The molecule has 4 aromatic rings. The van der Waals surface area contributed by atoms with Crippen LogP contribution < -0.4 is 5.32 Å². The molecule has 0 radical (unpaired) electrons. The highest BCUT2D eigenvalue weighted by atomic mass is 32.1. The Labute approximate surface area is 213 Å². The summed E-state index contributed by atoms with van der Waals surface area (Å²) in [5.41, 5.74) is 2.32. The first-order valence-corrected chi connectivity index (χ1v) is 12.9. The zero-order chi connectivity index (χ0) is 25.2. The van der Waals surface area contributed by atoms with Crippen LogP contribution in [0, 0.1) is 18.7 Å². The fourth-order valence-corrected chi connectivity index (χ4v) is 5.81. The Morgan fingerprint density at radius 2 is 1.92 bits per heavy atom. The first-order valence-electron chi connectivity index (χ1n) is 12.1. The molecule has 0 unspecified atom stereocenters. The highest BCUT2D eigenvalue weighted by molar-refractivity contribution is 7.15. The standard InChI is InChI=1S/C28H27FN4O2S/c1-17-6-5-15-33(28(35)25-26(36-18(2)32-25)20-10-12-21(29)13-11-20)23(17)16-31-27(34)22-9-3-7-19-8-4-14-30-24(19)22/h3-4,7-14,17,23H,5-6,15-16H2,1-2H3,(H,31,34)/t17-,23-/m0/s1. The maximum atomic E-state index is 13.8. The third kappa shape index (κ3) is 4.73. The molecular formula is C28H27FN4O2S. The van der Waals surface area contributed by atoms with Crippen LogP contribution in [-0.4, -0.2) is 45.8 Å². The highest BCUT2D eigenvalue weighted by Gasteiger charge is 2.35. The van der Waals surface area contributed by atoms with Crippen molar-refractivity contribution in [3.63, 3.8) is 0 Å². The molecule has 1 aliphatic rings. The summed E-state index contributed by atoms with van der Waals surface area (Å²) in [6, 6.07) is 15.3. The van der Waals surface area contributed by atoms with Crippen LogP contribution in [0.2, 0.25) is 0 Å². The molecule has 0 bridgehead atoms. The van der Waals surface area contributed by atoms with Crippen molar-refractivity contribution in [2.24, 2.45) is 5.92 Å². The van der Waals surface area contributed by atoms with E-state index in [-0.39, 0.29) is 29.6 Å². The molecule has 2 amide bonds. The van der Waals surface area contributed by atoms with Crippen LogP contribution in [0.25, 0.3) is 21.3 Å². The number of nitrogens with one attached hydrogen (secondary N) is 1. The zero-order valence-corrected chi connectivity index (χ0v) is 21.0. The molecule has 36 heavy (non-hydrogen) atoms. The van der Waals surface area contributed by atoms with Crippen LogP contribution in [0.5, 0.6) is 0 Å². The molecular weight excluding hydrogens is 475 g/mol. The van der Waals surface area contributed by atoms with E-state index in [0.29, 0.717) is 29.9 Å². The molecule has 1 fully saturated rings. The van der Waals surface area contributed by atoms with Gasteiger partial charge in [0.1, 0.15) is 11.5 Å². The summed E-state index contributed by atoms with van der Waals surface area (Å²) in [7, 11) is 0. The van der Waals surface area contributed by atoms with E-state index in [2.05, 4.69) is 22.2 Å². The van der Waals surface area contributed by atoms with Crippen LogP contribution in [0.15, 0.2) is 60.8 Å². The average molecular weight is 503 g/mol. The molecule has 0 spiro atoms. The summed E-state index contributed by atoms with van der Waals surface area (Å²) >= 11 is 1.43. The van der Waals surface area contributed by atoms with Gasteiger partial charge in [0.15, 0.2) is 0 Å². The van der Waals surface area contributed by atoms with Gasteiger partial charge in [-0.25, -0.2) is 9.37 Å². The number of aromatic nitrogens is 2. The number of hydrogen-bond donors (Lipinski definition) is 1. The van der Waals surface area contributed by atoms with E-state index in [9.17, 15) is 14.0 Å². The summed E-state index contributed by atoms with van der Waals surface area (Å²) < 4.78 is 13.5. The molecule has 8 heteroatoms. The maximum absolute atomic E-state index is 13.8. The minimum Gasteiger partial charge on any atom is -0.350 e. The molecule has 2 atom stereocenters. The number of piperidine rings is 1. The van der Waals surface area contributed by atoms with Crippen molar-refractivity contribution in [3.05, 3.63) is 82.9 Å². The molecule has 2 aromatic carbocycles. The third-order valence-electron chi connectivity index (χ3n) is 6.77. The van der Waals surface area contributed by atoms with Gasteiger partial charge in [-0.1, -0.05) is 37.3 Å². The van der Waals surface area contributed by atoms with Gasteiger partial charge in [-0.15, -0.1) is 11.3 Å². The number of fused-ring (bicyclic) bond motifs is 1. The number of amides is 2. The van der Waals surface area contributed by atoms with Gasteiger partial charge < -0.3 is 10.2 Å². The van der Waals surface area contributed by atoms with Gasteiger partial charge in [0.05, 0.1) is 27.0 Å². The summed E-state index contributed by atoms with van der Waals surface area (Å²) in [5.74, 6) is -0.477. The molecule has 5 rings (SSSR count). The van der Waals surface area contributed by atoms with Gasteiger partial charge >= 0.3 is 0 Å². The molecule has 0 saturated carbocycles. The average Bonchev–Trinajstić information content (AvgIpc) is 3.28. The fraction of sp³-hybridized carbons (Fsp3) is 0.286. The van der Waals surface area contributed by atoms with Gasteiger partial charge in [-0.05, 0) is 55.5 Å². The molecule has 184 valence electrons. The number of rotatable bonds is 5. The number of hydrogen-bond acceptors (Lipinski definition) is 5. The van der Waals surface area contributed by atoms with Crippen molar-refractivity contribution < 1.29 is 14.0 Å². The smallest absolute Gasteiger partial charge is 0.274 e. The molecule has 1 N–H and O–H groups in total. The number of carbonyl (C=O) groups excluding carboxylic acids is 2. The van der Waals surface area contributed by atoms with E-state index >= 15 is 0 Å². The SMILES string of the molecule is Cc1nc(C(=O)N2CCC[C@H](C)[C@@H]2CNC(=O)c2cccc3cccnc23)c(-c2ccc(F)cc2)s1. The van der Waals surface area contributed by atoms with E-state index in [1.54, 1.807) is 24.4 Å². The van der Waals surface area contributed by atoms with E-state index in [1.165, 1.54) is 23.5 Å². The second-order valence-electron chi connectivity index (χ2n) is 9.19. The van der Waals surface area contributed by atoms with Crippen molar-refractivity contribution in [2.75, 3.05) is 13.1 Å². The number of halogens is 1. The Morgan fingerprint density at radius 1 is 1.14 bits per heavy atom. The van der Waals surface area contributed by atoms with E-state index in [1.807, 2.05) is 36.1 Å². The monoisotopic (exact) mass is 502 g/mol. The number of nitrogens with zero attached hydrogens (tertiary/aromatic N) is 3. The van der Waals surface area contributed by atoms with Crippen LogP contribution >= 0.6 is 11.3 Å². The van der Waals surface area contributed by atoms with Crippen molar-refractivity contribution in [1.29, 1.82) is 0 Å². The summed E-state index contributed by atoms with van der Waals surface area (Å²) in [4.78, 5) is 38.4. The Hall–Kier alpha value is -3.65. The van der Waals surface area contributed by atoms with Gasteiger partial charge in [0.25, 0.3) is 11.8 Å². The molecule has 3 heterocycles. The largest absolute Gasteiger partial charge is 0.350 e. The maximum Gasteiger partial charge on any atom is 0.274 e. The third-order valence-corrected chi connectivity index (χ3v) is 7.79. The highest BCUT2D eigenvalue weighted by Crippen LogP contribution is 2.33. The van der Waals surface area contributed by atoms with E-state index in [0.717, 1.165) is 33.7 Å². The number of likely N-dealkylation sites (tertiary alicyclic amines) is 1. The first kappa shape index (κ1) is 24.1. The lowest BCUT2D eigenvalue weighted by molar-refractivity contribution is 0.0503. The molecule has 1 saturated heterocycles. The Balaban J connectivity index is 1.38. The lowest BCUT2D eigenvalue weighted by atomic mass is 9.90. The summed E-state index contributed by atoms with van der Waals surface area (Å²) in [6.45, 7) is 4.91. The van der Waals surface area contributed by atoms with Crippen LogP contribution in [0.4, 0.5) is 4.39 Å². The minimum absolute atomic E-state index is 0.156. The van der Waals surface area contributed by atoms with Gasteiger partial charge in [-0.3, -0.25) is 14.6 Å². The Bertz CT molecular complexity index is 1410. The van der Waals surface area contributed by atoms with E-state index in [4.69, 9.17) is 0 Å². The van der Waals surface area contributed by atoms with Crippen molar-refractivity contribution in [3.8, 4) is 10.4 Å². The fourth-order valence-electron chi connectivity index (χ4n) is 4.90. The molecule has 0 aliphatic carbocycles. The number of pyridine rings is 1. The lowest BCUT2D eigenvalue weighted by Crippen LogP contribution is -2.53. The number of para-hydroxylation sites is 1. The molecule has 2 aromatic heterocycles. The van der Waals surface area contributed by atoms with Crippen LogP contribution in [0.3, 0.4) is 0 Å². The second-order valence-corrected chi connectivity index (χ2v) is 10.4. The molecule has 6 nitrogen and oxygen atoms in total. The first-order chi connectivity index (χ1) is 17.4. The van der Waals surface area contributed by atoms with Crippen molar-refractivity contribution in [1.82, 2.24) is 20.2 Å². The van der Waals surface area contributed by atoms with Crippen LogP contribution in [-0.2, 0) is 0 Å². The lowest BCUT2D eigenvalue weighted by Gasteiger charge is -2.40. The van der Waals surface area contributed by atoms with Gasteiger partial charge in [-0.2, -0.15) is 0 Å². The van der Waals surface area contributed by atoms with E-state index < -0.39 is 0 Å². The second kappa shape index (κ2) is 10.1. The number of thiazole rings is 1. The number of benzene rings is 2. The Morgan fingerprint density at radius 3 is 2.72 bits per heavy atom. The number of carbonyl (C=O) groups is 2. The van der Waals surface area contributed by atoms with Gasteiger partial charge in [0.2, 0.25) is 0 Å². The summed E-state index contributed by atoms with van der Waals surface area (Å²) in [6.07, 6.45) is 3.54.